The summed E-state index contributed by atoms with van der Waals surface area (Å²) >= 11 is 0. The van der Waals surface area contributed by atoms with Crippen molar-refractivity contribution in [1.82, 2.24) is 0 Å². The molecule has 0 saturated carbocycles. The van der Waals surface area contributed by atoms with Crippen molar-refractivity contribution in [1.29, 1.82) is 0 Å². The summed E-state index contributed by atoms with van der Waals surface area (Å²) in [6.07, 6.45) is 2.05. The molecule has 2 rings (SSSR count). The smallest absolute Gasteiger partial charge is 0.187 e. The van der Waals surface area contributed by atoms with Crippen LogP contribution in [0.1, 0.15) is 13.8 Å². The van der Waals surface area contributed by atoms with E-state index in [-0.39, 0.29) is 0 Å². The summed E-state index contributed by atoms with van der Waals surface area (Å²) in [5.74, 6) is 1.61. The van der Waals surface area contributed by atoms with Crippen molar-refractivity contribution in [3.05, 3.63) is 0 Å². The molecule has 2 heterocycles. The van der Waals surface area contributed by atoms with Gasteiger partial charge in [0.1, 0.15) is 24.4 Å². The molecule has 0 aromatic carbocycles. The third kappa shape index (κ3) is 1.83. The van der Waals surface area contributed by atoms with Gasteiger partial charge in [0.25, 0.3) is 0 Å². The maximum absolute atomic E-state index is 9.96. The number of aliphatic hydroxyl groups excluding tert-OH is 1. The molecule has 0 bridgehead atoms. The van der Waals surface area contributed by atoms with E-state index in [1.54, 1.807) is 13.8 Å². The van der Waals surface area contributed by atoms with Crippen LogP contribution in [0.25, 0.3) is 0 Å². The summed E-state index contributed by atoms with van der Waals surface area (Å²) in [5, 5.41) is 9.96. The van der Waals surface area contributed by atoms with Crippen molar-refractivity contribution in [3.63, 3.8) is 0 Å². The number of ether oxygens (including phenoxy) is 4. The van der Waals surface area contributed by atoms with E-state index in [2.05, 4.69) is 5.92 Å². The van der Waals surface area contributed by atoms with Crippen LogP contribution in [0.15, 0.2) is 0 Å². The molecule has 2 aliphatic rings. The minimum atomic E-state index is -0.900. The van der Waals surface area contributed by atoms with E-state index in [0.717, 1.165) is 0 Å². The van der Waals surface area contributed by atoms with Gasteiger partial charge >= 0.3 is 0 Å². The summed E-state index contributed by atoms with van der Waals surface area (Å²) < 4.78 is 21.8. The van der Waals surface area contributed by atoms with E-state index in [9.17, 15) is 5.11 Å². The zero-order valence-corrected chi connectivity index (χ0v) is 9.54. The predicted molar refractivity (Wildman–Crippen MR) is 54.3 cm³/mol. The Kier molecular flexibility index (Phi) is 2.95. The molecular weight excluding hydrogens is 212 g/mol. The minimum absolute atomic E-state index is 0.459. The second kappa shape index (κ2) is 3.99. The molecule has 0 aliphatic carbocycles. The number of methoxy groups -OCH3 is 1. The van der Waals surface area contributed by atoms with Crippen LogP contribution < -0.4 is 0 Å². The van der Waals surface area contributed by atoms with Crippen LogP contribution in [0.3, 0.4) is 0 Å². The Morgan fingerprint density at radius 1 is 1.31 bits per heavy atom. The number of aliphatic hydroxyl groups is 1. The Morgan fingerprint density at radius 3 is 2.50 bits per heavy atom. The lowest BCUT2D eigenvalue weighted by Gasteiger charge is -2.37. The molecule has 2 fully saturated rings. The van der Waals surface area contributed by atoms with Crippen molar-refractivity contribution >= 4 is 0 Å². The van der Waals surface area contributed by atoms with Crippen LogP contribution >= 0.6 is 0 Å². The molecule has 5 heteroatoms. The van der Waals surface area contributed by atoms with Crippen LogP contribution in [-0.2, 0) is 18.9 Å². The second-order valence-electron chi connectivity index (χ2n) is 4.38. The van der Waals surface area contributed by atoms with Crippen molar-refractivity contribution < 1.29 is 24.1 Å². The Labute approximate surface area is 94.6 Å². The lowest BCUT2D eigenvalue weighted by Crippen LogP contribution is -2.56. The first-order chi connectivity index (χ1) is 7.48. The van der Waals surface area contributed by atoms with E-state index in [1.165, 1.54) is 7.11 Å². The fraction of sp³-hybridized carbons (Fsp3) is 0.818. The summed E-state index contributed by atoms with van der Waals surface area (Å²) in [7, 11) is 1.50. The maximum Gasteiger partial charge on any atom is 0.187 e. The molecule has 5 nitrogen and oxygen atoms in total. The Morgan fingerprint density at radius 2 is 1.94 bits per heavy atom. The third-order valence-electron chi connectivity index (χ3n) is 2.76. The van der Waals surface area contributed by atoms with Crippen LogP contribution in [0.4, 0.5) is 0 Å². The van der Waals surface area contributed by atoms with Crippen LogP contribution in [-0.4, -0.2) is 48.7 Å². The number of fused-ring (bicyclic) bond motifs is 1. The SMILES string of the molecule is C#C[C@H]1O[C@H](OC)[C@H]2OC(C)(C)O[C@H]2[C@@H]1O. The molecule has 2 aliphatic heterocycles. The normalized spacial score (nSPS) is 46.1. The average Bonchev–Trinajstić information content (AvgIpc) is 2.55. The molecule has 16 heavy (non-hydrogen) atoms. The highest BCUT2D eigenvalue weighted by Crippen LogP contribution is 2.37. The first-order valence-corrected chi connectivity index (χ1v) is 5.16. The average molecular weight is 228 g/mol. The zero-order chi connectivity index (χ0) is 11.9. The van der Waals surface area contributed by atoms with Crippen molar-refractivity contribution in [2.75, 3.05) is 7.11 Å². The highest BCUT2D eigenvalue weighted by molar-refractivity contribution is 5.07. The van der Waals surface area contributed by atoms with Crippen molar-refractivity contribution in [2.45, 2.75) is 50.3 Å². The number of hydrogen-bond acceptors (Lipinski definition) is 5. The monoisotopic (exact) mass is 228 g/mol. The van der Waals surface area contributed by atoms with E-state index in [0.29, 0.717) is 0 Å². The number of rotatable bonds is 1. The van der Waals surface area contributed by atoms with Crippen LogP contribution in [0, 0.1) is 12.3 Å². The zero-order valence-electron chi connectivity index (χ0n) is 9.54. The molecule has 0 aromatic rings. The van der Waals surface area contributed by atoms with E-state index in [4.69, 9.17) is 25.4 Å². The highest BCUT2D eigenvalue weighted by atomic mass is 16.8. The van der Waals surface area contributed by atoms with Gasteiger partial charge in [0, 0.05) is 7.11 Å². The van der Waals surface area contributed by atoms with Gasteiger partial charge in [-0.3, -0.25) is 0 Å². The van der Waals surface area contributed by atoms with Gasteiger partial charge in [-0.05, 0) is 13.8 Å². The molecule has 0 aromatic heterocycles. The predicted octanol–water partition coefficient (Wildman–Crippen LogP) is -0.128. The molecule has 2 saturated heterocycles. The Balaban J connectivity index is 2.22. The van der Waals surface area contributed by atoms with Crippen molar-refractivity contribution in [3.8, 4) is 12.3 Å². The lowest BCUT2D eigenvalue weighted by atomic mass is 9.99. The molecule has 0 radical (unpaired) electrons. The number of hydrogen-bond donors (Lipinski definition) is 1. The molecule has 0 amide bonds. The fourth-order valence-electron chi connectivity index (χ4n) is 2.09. The first-order valence-electron chi connectivity index (χ1n) is 5.16. The van der Waals surface area contributed by atoms with Gasteiger partial charge in [-0.25, -0.2) is 0 Å². The topological polar surface area (TPSA) is 57.2 Å². The van der Waals surface area contributed by atoms with Gasteiger partial charge in [-0.15, -0.1) is 6.42 Å². The summed E-state index contributed by atoms with van der Waals surface area (Å²) in [5.41, 5.74) is 0. The largest absolute Gasteiger partial charge is 0.387 e. The van der Waals surface area contributed by atoms with Gasteiger partial charge in [0.2, 0.25) is 0 Å². The second-order valence-corrected chi connectivity index (χ2v) is 4.38. The Hall–Kier alpha value is -0.640. The quantitative estimate of drug-likeness (QED) is 0.634. The number of terminal acetylenes is 1. The first kappa shape index (κ1) is 11.8. The summed E-state index contributed by atoms with van der Waals surface area (Å²) in [4.78, 5) is 0. The minimum Gasteiger partial charge on any atom is -0.387 e. The van der Waals surface area contributed by atoms with Gasteiger partial charge in [-0.2, -0.15) is 0 Å². The third-order valence-corrected chi connectivity index (χ3v) is 2.76. The van der Waals surface area contributed by atoms with Gasteiger partial charge in [0.05, 0.1) is 0 Å². The molecule has 0 spiro atoms. The molecule has 90 valence electrons. The Bertz CT molecular complexity index is 308. The van der Waals surface area contributed by atoms with Crippen LogP contribution in [0.5, 0.6) is 0 Å². The lowest BCUT2D eigenvalue weighted by molar-refractivity contribution is -0.254. The summed E-state index contributed by atoms with van der Waals surface area (Å²) in [6, 6.07) is 0. The van der Waals surface area contributed by atoms with Gasteiger partial charge in [-0.1, -0.05) is 5.92 Å². The van der Waals surface area contributed by atoms with Crippen molar-refractivity contribution in [2.24, 2.45) is 0 Å². The fourth-order valence-corrected chi connectivity index (χ4v) is 2.09. The standard InChI is InChI=1S/C11H16O5/c1-5-6-7(12)8-9(10(13-4)14-6)16-11(2,3)15-8/h1,6-10,12H,2-4H3/t6-,7-,8+,9+,10+/m1/s1. The van der Waals surface area contributed by atoms with Gasteiger partial charge in [0.15, 0.2) is 12.1 Å². The highest BCUT2D eigenvalue weighted by Gasteiger charge is 2.54. The van der Waals surface area contributed by atoms with Gasteiger partial charge < -0.3 is 24.1 Å². The van der Waals surface area contributed by atoms with E-state index < -0.39 is 36.5 Å². The maximum atomic E-state index is 9.96. The van der Waals surface area contributed by atoms with E-state index in [1.807, 2.05) is 0 Å². The molecule has 5 atom stereocenters. The molecule has 1 N–H and O–H groups in total. The van der Waals surface area contributed by atoms with Crippen LogP contribution in [0.2, 0.25) is 0 Å². The molecule has 0 unspecified atom stereocenters. The van der Waals surface area contributed by atoms with E-state index >= 15 is 0 Å². The summed E-state index contributed by atoms with van der Waals surface area (Å²) in [6.45, 7) is 3.55. The molecular formula is C11H16O5.